The molecular formula is C8H11NO5S. The minimum absolute atomic E-state index is 0.0487. The summed E-state index contributed by atoms with van der Waals surface area (Å²) in [5, 5.41) is 7.05. The molecule has 0 saturated heterocycles. The normalized spacial score (nSPS) is 13.7. The Morgan fingerprint density at radius 1 is 1.67 bits per heavy atom. The Hall–Kier alpha value is -1.34. The van der Waals surface area contributed by atoms with Crippen molar-refractivity contribution in [2.45, 2.75) is 18.7 Å². The van der Waals surface area contributed by atoms with Crippen LogP contribution < -0.4 is 4.72 Å². The molecule has 2 N–H and O–H groups in total. The van der Waals surface area contributed by atoms with Gasteiger partial charge in [0.1, 0.15) is 5.76 Å². The molecule has 0 spiro atoms. The van der Waals surface area contributed by atoms with E-state index in [-0.39, 0.29) is 6.54 Å². The van der Waals surface area contributed by atoms with Crippen molar-refractivity contribution in [3.05, 3.63) is 24.2 Å². The van der Waals surface area contributed by atoms with E-state index in [0.717, 1.165) is 6.92 Å². The fourth-order valence-corrected chi connectivity index (χ4v) is 1.70. The second-order valence-corrected chi connectivity index (χ2v) is 5.01. The summed E-state index contributed by atoms with van der Waals surface area (Å²) in [6.45, 7) is 1.06. The number of carbonyl (C=O) groups is 1. The first-order valence-corrected chi connectivity index (χ1v) is 5.72. The maximum absolute atomic E-state index is 11.3. The van der Waals surface area contributed by atoms with Crippen LogP contribution in [-0.2, 0) is 21.4 Å². The molecule has 7 heteroatoms. The van der Waals surface area contributed by atoms with Crippen molar-refractivity contribution in [2.24, 2.45) is 0 Å². The number of rotatable bonds is 5. The molecule has 15 heavy (non-hydrogen) atoms. The monoisotopic (exact) mass is 233 g/mol. The molecule has 6 nitrogen and oxygen atoms in total. The number of carboxylic acids is 1. The molecule has 0 saturated carbocycles. The van der Waals surface area contributed by atoms with Gasteiger partial charge in [0.25, 0.3) is 0 Å². The number of carboxylic acid groups (broad SMARTS) is 1. The average molecular weight is 233 g/mol. The van der Waals surface area contributed by atoms with Gasteiger partial charge in [-0.05, 0) is 19.1 Å². The molecule has 0 aromatic carbocycles. The summed E-state index contributed by atoms with van der Waals surface area (Å²) in [4.78, 5) is 10.5. The van der Waals surface area contributed by atoms with Gasteiger partial charge in [-0.25, -0.2) is 13.1 Å². The largest absolute Gasteiger partial charge is 0.480 e. The van der Waals surface area contributed by atoms with Crippen LogP contribution in [0.1, 0.15) is 12.7 Å². The summed E-state index contributed by atoms with van der Waals surface area (Å²) in [6.07, 6.45) is 1.41. The van der Waals surface area contributed by atoms with Crippen LogP contribution >= 0.6 is 0 Å². The summed E-state index contributed by atoms with van der Waals surface area (Å²) in [5.41, 5.74) is 0. The standard InChI is InChI=1S/C8H11NO5S/c1-6(8(10)11)15(12,13)9-5-7-3-2-4-14-7/h2-4,6,9H,5H2,1H3,(H,10,11). The quantitative estimate of drug-likeness (QED) is 0.755. The Labute approximate surface area is 87.0 Å². The SMILES string of the molecule is CC(C(=O)O)S(=O)(=O)NCc1ccco1. The van der Waals surface area contributed by atoms with Crippen LogP contribution in [0.4, 0.5) is 0 Å². The maximum atomic E-state index is 11.3. The summed E-state index contributed by atoms with van der Waals surface area (Å²) < 4.78 is 29.7. The Kier molecular flexibility index (Phi) is 3.48. The molecule has 1 aromatic rings. The molecular weight excluding hydrogens is 222 g/mol. The third kappa shape index (κ3) is 3.07. The predicted octanol–water partition coefficient (Wildman–Crippen LogP) is 0.172. The van der Waals surface area contributed by atoms with Crippen molar-refractivity contribution in [1.29, 1.82) is 0 Å². The minimum atomic E-state index is -3.85. The lowest BCUT2D eigenvalue weighted by molar-refractivity contribution is -0.136. The van der Waals surface area contributed by atoms with Crippen molar-refractivity contribution in [2.75, 3.05) is 0 Å². The van der Waals surface area contributed by atoms with E-state index < -0.39 is 21.2 Å². The number of nitrogens with one attached hydrogen (secondary N) is 1. The smallest absolute Gasteiger partial charge is 0.323 e. The van der Waals surface area contributed by atoms with E-state index in [9.17, 15) is 13.2 Å². The Balaban J connectivity index is 2.62. The highest BCUT2D eigenvalue weighted by Gasteiger charge is 2.27. The second-order valence-electron chi connectivity index (χ2n) is 2.93. The zero-order chi connectivity index (χ0) is 11.5. The van der Waals surface area contributed by atoms with Gasteiger partial charge in [-0.3, -0.25) is 4.79 Å². The fourth-order valence-electron chi connectivity index (χ4n) is 0.843. The highest BCUT2D eigenvalue weighted by molar-refractivity contribution is 7.90. The van der Waals surface area contributed by atoms with Crippen molar-refractivity contribution in [1.82, 2.24) is 4.72 Å². The molecule has 1 aromatic heterocycles. The third-order valence-electron chi connectivity index (χ3n) is 1.84. The van der Waals surface area contributed by atoms with Crippen LogP contribution in [0.25, 0.3) is 0 Å². The highest BCUT2D eigenvalue weighted by atomic mass is 32.2. The van der Waals surface area contributed by atoms with Gasteiger partial charge in [0.2, 0.25) is 10.0 Å². The zero-order valence-electron chi connectivity index (χ0n) is 8.00. The minimum Gasteiger partial charge on any atom is -0.480 e. The Bertz CT molecular complexity index is 422. The molecule has 1 rings (SSSR count). The Morgan fingerprint density at radius 2 is 2.33 bits per heavy atom. The van der Waals surface area contributed by atoms with Crippen LogP contribution in [0.5, 0.6) is 0 Å². The van der Waals surface area contributed by atoms with Crippen LogP contribution in [0.2, 0.25) is 0 Å². The number of hydrogen-bond donors (Lipinski definition) is 2. The molecule has 1 heterocycles. The lowest BCUT2D eigenvalue weighted by Crippen LogP contribution is -2.36. The van der Waals surface area contributed by atoms with Crippen molar-refractivity contribution in [3.63, 3.8) is 0 Å². The number of sulfonamides is 1. The van der Waals surface area contributed by atoms with E-state index in [1.54, 1.807) is 12.1 Å². The summed E-state index contributed by atoms with van der Waals surface area (Å²) in [7, 11) is -3.85. The summed E-state index contributed by atoms with van der Waals surface area (Å²) >= 11 is 0. The first kappa shape index (κ1) is 11.7. The van der Waals surface area contributed by atoms with Gasteiger partial charge in [-0.1, -0.05) is 0 Å². The van der Waals surface area contributed by atoms with Gasteiger partial charge in [0.15, 0.2) is 5.25 Å². The number of furan rings is 1. The van der Waals surface area contributed by atoms with Crippen LogP contribution in [0, 0.1) is 0 Å². The molecule has 0 aliphatic heterocycles. The second kappa shape index (κ2) is 4.45. The van der Waals surface area contributed by atoms with E-state index in [1.165, 1.54) is 6.26 Å². The maximum Gasteiger partial charge on any atom is 0.323 e. The van der Waals surface area contributed by atoms with Gasteiger partial charge < -0.3 is 9.52 Å². The molecule has 1 atom stereocenters. The van der Waals surface area contributed by atoms with Crippen LogP contribution in [0.15, 0.2) is 22.8 Å². The number of hydrogen-bond acceptors (Lipinski definition) is 4. The van der Waals surface area contributed by atoms with Gasteiger partial charge in [-0.15, -0.1) is 0 Å². The molecule has 0 amide bonds. The van der Waals surface area contributed by atoms with Crippen LogP contribution in [0.3, 0.4) is 0 Å². The first-order valence-electron chi connectivity index (χ1n) is 4.17. The predicted molar refractivity (Wildman–Crippen MR) is 51.6 cm³/mol. The molecule has 0 aliphatic rings. The van der Waals surface area contributed by atoms with E-state index in [1.807, 2.05) is 0 Å². The fraction of sp³-hybridized carbons (Fsp3) is 0.375. The molecule has 1 unspecified atom stereocenters. The topological polar surface area (TPSA) is 96.6 Å². The van der Waals surface area contributed by atoms with Crippen molar-refractivity contribution >= 4 is 16.0 Å². The average Bonchev–Trinajstić information content (AvgIpc) is 2.66. The van der Waals surface area contributed by atoms with E-state index in [2.05, 4.69) is 4.72 Å². The van der Waals surface area contributed by atoms with E-state index in [0.29, 0.717) is 5.76 Å². The van der Waals surface area contributed by atoms with Gasteiger partial charge in [0.05, 0.1) is 12.8 Å². The zero-order valence-corrected chi connectivity index (χ0v) is 8.82. The summed E-state index contributed by atoms with van der Waals surface area (Å²) in [6, 6.07) is 3.21. The van der Waals surface area contributed by atoms with Gasteiger partial charge >= 0.3 is 5.97 Å². The molecule has 0 fully saturated rings. The molecule has 84 valence electrons. The molecule has 0 radical (unpaired) electrons. The van der Waals surface area contributed by atoms with Crippen molar-refractivity contribution in [3.8, 4) is 0 Å². The highest BCUT2D eigenvalue weighted by Crippen LogP contribution is 2.03. The lowest BCUT2D eigenvalue weighted by atomic mass is 10.5. The van der Waals surface area contributed by atoms with E-state index >= 15 is 0 Å². The van der Waals surface area contributed by atoms with Gasteiger partial charge in [-0.2, -0.15) is 0 Å². The van der Waals surface area contributed by atoms with Gasteiger partial charge in [0, 0.05) is 0 Å². The van der Waals surface area contributed by atoms with E-state index in [4.69, 9.17) is 9.52 Å². The first-order chi connectivity index (χ1) is 6.93. The molecule has 0 bridgehead atoms. The Morgan fingerprint density at radius 3 is 2.80 bits per heavy atom. The summed E-state index contributed by atoms with van der Waals surface area (Å²) in [5.74, 6) is -0.960. The van der Waals surface area contributed by atoms with Crippen LogP contribution in [-0.4, -0.2) is 24.7 Å². The third-order valence-corrected chi connectivity index (χ3v) is 3.52. The molecule has 0 aliphatic carbocycles. The lowest BCUT2D eigenvalue weighted by Gasteiger charge is -2.08. The number of aliphatic carboxylic acids is 1. The van der Waals surface area contributed by atoms with Crippen molar-refractivity contribution < 1.29 is 22.7 Å².